The van der Waals surface area contributed by atoms with Gasteiger partial charge in [-0.05, 0) is 36.1 Å². The Morgan fingerprint density at radius 1 is 0.923 bits per heavy atom. The lowest BCUT2D eigenvalue weighted by molar-refractivity contribution is -0.117. The van der Waals surface area contributed by atoms with Gasteiger partial charge in [0.2, 0.25) is 5.91 Å². The predicted molar refractivity (Wildman–Crippen MR) is 95.0 cm³/mol. The standard InChI is InChI=1S/C20H19NO5/c1-25-19(23)13-8-14(20(24)26-2)10-15(9-13)21-18(22)17-11-16(17)12-6-4-3-5-7-12/h3-10,16-17H,11H2,1-2H3,(H,21,22)/t16-,17-/m0/s1. The van der Waals surface area contributed by atoms with E-state index in [-0.39, 0.29) is 28.9 Å². The van der Waals surface area contributed by atoms with Gasteiger partial charge in [0, 0.05) is 11.6 Å². The van der Waals surface area contributed by atoms with Crippen LogP contribution >= 0.6 is 0 Å². The zero-order valence-corrected chi connectivity index (χ0v) is 14.5. The third-order valence-electron chi connectivity index (χ3n) is 4.40. The SMILES string of the molecule is COC(=O)c1cc(NC(=O)[C@H]2C[C@H]2c2ccccc2)cc(C(=O)OC)c1. The average molecular weight is 353 g/mol. The fourth-order valence-corrected chi connectivity index (χ4v) is 2.96. The van der Waals surface area contributed by atoms with Gasteiger partial charge in [-0.15, -0.1) is 0 Å². The van der Waals surface area contributed by atoms with Gasteiger partial charge < -0.3 is 14.8 Å². The molecule has 0 aromatic heterocycles. The topological polar surface area (TPSA) is 81.7 Å². The predicted octanol–water partition coefficient (Wildman–Crippen LogP) is 3.00. The van der Waals surface area contributed by atoms with Gasteiger partial charge in [-0.25, -0.2) is 9.59 Å². The van der Waals surface area contributed by atoms with Gasteiger partial charge in [0.15, 0.2) is 0 Å². The minimum absolute atomic E-state index is 0.124. The maximum Gasteiger partial charge on any atom is 0.337 e. The first-order chi connectivity index (χ1) is 12.5. The second-order valence-corrected chi connectivity index (χ2v) is 6.13. The number of carbonyl (C=O) groups is 3. The largest absolute Gasteiger partial charge is 0.465 e. The van der Waals surface area contributed by atoms with Crippen molar-refractivity contribution < 1.29 is 23.9 Å². The second kappa shape index (κ2) is 7.39. The highest BCUT2D eigenvalue weighted by Crippen LogP contribution is 2.47. The Labute approximate surface area is 151 Å². The first-order valence-corrected chi connectivity index (χ1v) is 8.21. The number of hydrogen-bond acceptors (Lipinski definition) is 5. The summed E-state index contributed by atoms with van der Waals surface area (Å²) in [6, 6.07) is 14.2. The van der Waals surface area contributed by atoms with Crippen LogP contribution in [0.2, 0.25) is 0 Å². The maximum absolute atomic E-state index is 12.5. The minimum atomic E-state index is -0.597. The molecule has 6 heteroatoms. The lowest BCUT2D eigenvalue weighted by Crippen LogP contribution is -2.16. The molecule has 1 saturated carbocycles. The van der Waals surface area contributed by atoms with Crippen LogP contribution in [0.15, 0.2) is 48.5 Å². The molecule has 6 nitrogen and oxygen atoms in total. The van der Waals surface area contributed by atoms with Crippen LogP contribution in [0.3, 0.4) is 0 Å². The summed E-state index contributed by atoms with van der Waals surface area (Å²) in [4.78, 5) is 36.1. The summed E-state index contributed by atoms with van der Waals surface area (Å²) >= 11 is 0. The molecule has 2 aromatic carbocycles. The Kier molecular flexibility index (Phi) is 5.02. The van der Waals surface area contributed by atoms with E-state index in [9.17, 15) is 14.4 Å². The number of amides is 1. The second-order valence-electron chi connectivity index (χ2n) is 6.13. The monoisotopic (exact) mass is 353 g/mol. The van der Waals surface area contributed by atoms with Crippen LogP contribution in [-0.2, 0) is 14.3 Å². The Balaban J connectivity index is 1.77. The molecule has 1 amide bonds. The van der Waals surface area contributed by atoms with Gasteiger partial charge in [-0.2, -0.15) is 0 Å². The number of hydrogen-bond donors (Lipinski definition) is 1. The van der Waals surface area contributed by atoms with Gasteiger partial charge in [-0.1, -0.05) is 30.3 Å². The van der Waals surface area contributed by atoms with E-state index in [0.29, 0.717) is 5.69 Å². The number of methoxy groups -OCH3 is 2. The number of anilines is 1. The van der Waals surface area contributed by atoms with Crippen LogP contribution < -0.4 is 5.32 Å². The quantitative estimate of drug-likeness (QED) is 0.836. The van der Waals surface area contributed by atoms with Crippen molar-refractivity contribution >= 4 is 23.5 Å². The number of esters is 2. The zero-order chi connectivity index (χ0) is 18.7. The lowest BCUT2D eigenvalue weighted by Gasteiger charge is -2.09. The molecule has 0 heterocycles. The van der Waals surface area contributed by atoms with E-state index in [1.165, 1.54) is 32.4 Å². The van der Waals surface area contributed by atoms with Gasteiger partial charge in [-0.3, -0.25) is 4.79 Å². The summed E-state index contributed by atoms with van der Waals surface area (Å²) in [5.74, 6) is -1.27. The van der Waals surface area contributed by atoms with E-state index >= 15 is 0 Å². The maximum atomic E-state index is 12.5. The van der Waals surface area contributed by atoms with Crippen LogP contribution in [0.5, 0.6) is 0 Å². The summed E-state index contributed by atoms with van der Waals surface area (Å²) in [7, 11) is 2.50. The first-order valence-electron chi connectivity index (χ1n) is 8.21. The van der Waals surface area contributed by atoms with E-state index in [2.05, 4.69) is 5.32 Å². The Bertz CT molecular complexity index is 812. The van der Waals surface area contributed by atoms with Crippen molar-refractivity contribution in [2.75, 3.05) is 19.5 Å². The molecular weight excluding hydrogens is 334 g/mol. The minimum Gasteiger partial charge on any atom is -0.465 e. The smallest absolute Gasteiger partial charge is 0.337 e. The first kappa shape index (κ1) is 17.7. The van der Waals surface area contributed by atoms with Gasteiger partial charge >= 0.3 is 11.9 Å². The number of rotatable bonds is 5. The Morgan fingerprint density at radius 2 is 1.50 bits per heavy atom. The van der Waals surface area contributed by atoms with Gasteiger partial charge in [0.05, 0.1) is 25.3 Å². The van der Waals surface area contributed by atoms with Crippen molar-refractivity contribution in [3.8, 4) is 0 Å². The fraction of sp³-hybridized carbons (Fsp3) is 0.250. The van der Waals surface area contributed by atoms with E-state index in [1.807, 2.05) is 30.3 Å². The van der Waals surface area contributed by atoms with Crippen molar-refractivity contribution in [1.82, 2.24) is 0 Å². The molecular formula is C20H19NO5. The number of ether oxygens (including phenoxy) is 2. The molecule has 2 aromatic rings. The van der Waals surface area contributed by atoms with E-state index in [1.54, 1.807) is 0 Å². The highest BCUT2D eigenvalue weighted by atomic mass is 16.5. The molecule has 0 radical (unpaired) electrons. The van der Waals surface area contributed by atoms with E-state index in [4.69, 9.17) is 9.47 Å². The van der Waals surface area contributed by atoms with E-state index in [0.717, 1.165) is 12.0 Å². The van der Waals surface area contributed by atoms with Crippen LogP contribution in [-0.4, -0.2) is 32.1 Å². The normalized spacial score (nSPS) is 17.9. The van der Waals surface area contributed by atoms with Crippen LogP contribution in [0.1, 0.15) is 38.6 Å². The van der Waals surface area contributed by atoms with Gasteiger partial charge in [0.1, 0.15) is 0 Å². The molecule has 3 rings (SSSR count). The molecule has 1 fully saturated rings. The molecule has 0 spiro atoms. The molecule has 2 atom stereocenters. The Morgan fingerprint density at radius 3 is 2.04 bits per heavy atom. The molecule has 0 unspecified atom stereocenters. The zero-order valence-electron chi connectivity index (χ0n) is 14.5. The third kappa shape index (κ3) is 3.74. The van der Waals surface area contributed by atoms with Crippen LogP contribution in [0, 0.1) is 5.92 Å². The lowest BCUT2D eigenvalue weighted by atomic mass is 10.1. The number of benzene rings is 2. The molecule has 0 bridgehead atoms. The van der Waals surface area contributed by atoms with Crippen molar-refractivity contribution in [3.05, 3.63) is 65.2 Å². The summed E-state index contributed by atoms with van der Waals surface area (Å²) < 4.78 is 9.39. The third-order valence-corrected chi connectivity index (χ3v) is 4.40. The molecule has 1 N–H and O–H groups in total. The molecule has 26 heavy (non-hydrogen) atoms. The Hall–Kier alpha value is -3.15. The van der Waals surface area contributed by atoms with Gasteiger partial charge in [0.25, 0.3) is 0 Å². The van der Waals surface area contributed by atoms with Crippen LogP contribution in [0.25, 0.3) is 0 Å². The molecule has 134 valence electrons. The number of carbonyl (C=O) groups excluding carboxylic acids is 3. The summed E-state index contributed by atoms with van der Waals surface area (Å²) in [6.45, 7) is 0. The average Bonchev–Trinajstić information content (AvgIpc) is 3.48. The number of nitrogens with one attached hydrogen (secondary N) is 1. The fourth-order valence-electron chi connectivity index (χ4n) is 2.96. The molecule has 1 aliphatic carbocycles. The van der Waals surface area contributed by atoms with Crippen molar-refractivity contribution in [3.63, 3.8) is 0 Å². The molecule has 0 saturated heterocycles. The highest BCUT2D eigenvalue weighted by molar-refractivity contribution is 6.00. The van der Waals surface area contributed by atoms with E-state index < -0.39 is 11.9 Å². The summed E-state index contributed by atoms with van der Waals surface area (Å²) in [5, 5.41) is 2.79. The highest BCUT2D eigenvalue weighted by Gasteiger charge is 2.43. The summed E-state index contributed by atoms with van der Waals surface area (Å²) in [6.07, 6.45) is 0.774. The summed E-state index contributed by atoms with van der Waals surface area (Å²) in [5.41, 5.74) is 1.82. The van der Waals surface area contributed by atoms with Crippen molar-refractivity contribution in [1.29, 1.82) is 0 Å². The molecule has 1 aliphatic rings. The molecule has 0 aliphatic heterocycles. The van der Waals surface area contributed by atoms with Crippen molar-refractivity contribution in [2.24, 2.45) is 5.92 Å². The van der Waals surface area contributed by atoms with Crippen molar-refractivity contribution in [2.45, 2.75) is 12.3 Å². The van der Waals surface area contributed by atoms with Crippen LogP contribution in [0.4, 0.5) is 5.69 Å².